The fourth-order valence-electron chi connectivity index (χ4n) is 3.05. The minimum Gasteiger partial charge on any atom is -0.307 e. The van der Waals surface area contributed by atoms with Gasteiger partial charge in [0.15, 0.2) is 11.3 Å². The molecule has 2 aromatic heterocycles. The zero-order valence-electron chi connectivity index (χ0n) is 14.1. The normalized spacial score (nSPS) is 11.4. The van der Waals surface area contributed by atoms with Crippen LogP contribution in [0.3, 0.4) is 0 Å². The van der Waals surface area contributed by atoms with Crippen molar-refractivity contribution >= 4 is 22.3 Å². The summed E-state index contributed by atoms with van der Waals surface area (Å²) >= 11 is 0. The average molecular weight is 334 g/mol. The fourth-order valence-corrected chi connectivity index (χ4v) is 3.05. The molecule has 4 rings (SSSR count). The number of fused-ring (bicyclic) bond motifs is 2. The number of aryl methyl sites for hydroxylation is 1. The molecule has 4 aromatic rings. The first-order chi connectivity index (χ1) is 12.3. The second-order valence-electron chi connectivity index (χ2n) is 6.16. The second-order valence-corrected chi connectivity index (χ2v) is 6.16. The Kier molecular flexibility index (Phi) is 4.14. The number of hydrogen-bond acceptors (Lipinski definition) is 3. The van der Waals surface area contributed by atoms with Crippen LogP contribution in [0.4, 0.5) is 4.39 Å². The van der Waals surface area contributed by atoms with E-state index in [1.807, 2.05) is 24.3 Å². The van der Waals surface area contributed by atoms with Crippen LogP contribution in [0.2, 0.25) is 0 Å². The lowest BCUT2D eigenvalue weighted by Crippen LogP contribution is -2.02. The molecule has 2 heterocycles. The monoisotopic (exact) mass is 334 g/mol. The first kappa shape index (κ1) is 15.7. The molecule has 0 unspecified atom stereocenters. The van der Waals surface area contributed by atoms with E-state index in [1.54, 1.807) is 12.1 Å². The Morgan fingerprint density at radius 3 is 2.32 bits per heavy atom. The lowest BCUT2D eigenvalue weighted by atomic mass is 10.2. The van der Waals surface area contributed by atoms with Gasteiger partial charge < -0.3 is 4.57 Å². The van der Waals surface area contributed by atoms with Gasteiger partial charge in [-0.05, 0) is 42.8 Å². The van der Waals surface area contributed by atoms with Crippen molar-refractivity contribution in [2.24, 2.45) is 0 Å². The fraction of sp³-hybridized carbons (Fsp3) is 0.250. The molecule has 0 radical (unpaired) electrons. The number of imidazole rings is 1. The smallest absolute Gasteiger partial charge is 0.198 e. The number of hydrogen-bond donors (Lipinski definition) is 0. The minimum absolute atomic E-state index is 0.251. The van der Waals surface area contributed by atoms with Crippen molar-refractivity contribution in [3.05, 3.63) is 54.3 Å². The number of aromatic nitrogens is 4. The lowest BCUT2D eigenvalue weighted by molar-refractivity contribution is 0.614. The Hall–Kier alpha value is -2.82. The van der Waals surface area contributed by atoms with Gasteiger partial charge in [0.2, 0.25) is 0 Å². The molecule has 0 N–H and O–H groups in total. The van der Waals surface area contributed by atoms with Gasteiger partial charge in [0, 0.05) is 12.1 Å². The average Bonchev–Trinajstić information content (AvgIpc) is 2.98. The Bertz CT molecular complexity index is 1020. The Labute approximate surface area is 145 Å². The minimum atomic E-state index is -0.251. The van der Waals surface area contributed by atoms with Crippen LogP contribution in [0.25, 0.3) is 33.7 Å². The maximum absolute atomic E-state index is 13.3. The molecule has 5 heteroatoms. The molecule has 0 fully saturated rings. The molecule has 0 saturated heterocycles. The Morgan fingerprint density at radius 2 is 1.60 bits per heavy atom. The second kappa shape index (κ2) is 6.59. The Morgan fingerprint density at radius 1 is 0.880 bits per heavy atom. The van der Waals surface area contributed by atoms with Crippen molar-refractivity contribution in [3.8, 4) is 11.4 Å². The van der Waals surface area contributed by atoms with Gasteiger partial charge in [0.05, 0.1) is 11.0 Å². The molecular weight excluding hydrogens is 315 g/mol. The third-order valence-corrected chi connectivity index (χ3v) is 4.35. The van der Waals surface area contributed by atoms with Crippen LogP contribution in [0.5, 0.6) is 0 Å². The van der Waals surface area contributed by atoms with E-state index in [2.05, 4.69) is 16.5 Å². The van der Waals surface area contributed by atoms with Crippen LogP contribution >= 0.6 is 0 Å². The SMILES string of the molecule is CCCCCn1c(-c2ccc(F)cc2)nc2nc3ccccc3nc21. The van der Waals surface area contributed by atoms with Crippen LogP contribution in [0, 0.1) is 5.82 Å². The first-order valence-electron chi connectivity index (χ1n) is 8.65. The van der Waals surface area contributed by atoms with Crippen LogP contribution in [0.1, 0.15) is 26.2 Å². The molecule has 126 valence electrons. The molecular formula is C20H19FN4. The number of benzene rings is 2. The van der Waals surface area contributed by atoms with E-state index in [4.69, 9.17) is 9.97 Å². The molecule has 0 atom stereocenters. The topological polar surface area (TPSA) is 43.6 Å². The van der Waals surface area contributed by atoms with Gasteiger partial charge >= 0.3 is 0 Å². The van der Waals surface area contributed by atoms with E-state index in [-0.39, 0.29) is 5.82 Å². The lowest BCUT2D eigenvalue weighted by Gasteiger charge is -2.08. The van der Waals surface area contributed by atoms with Crippen LogP contribution in [0.15, 0.2) is 48.5 Å². The molecule has 0 aliphatic rings. The van der Waals surface area contributed by atoms with Crippen LogP contribution in [-0.2, 0) is 6.54 Å². The molecule has 0 aliphatic heterocycles. The van der Waals surface area contributed by atoms with E-state index in [1.165, 1.54) is 12.1 Å². The predicted octanol–water partition coefficient (Wildman–Crippen LogP) is 4.98. The summed E-state index contributed by atoms with van der Waals surface area (Å²) in [6, 6.07) is 14.2. The molecule has 0 spiro atoms. The molecule has 0 amide bonds. The summed E-state index contributed by atoms with van der Waals surface area (Å²) in [6.07, 6.45) is 3.33. The summed E-state index contributed by atoms with van der Waals surface area (Å²) < 4.78 is 15.4. The van der Waals surface area contributed by atoms with Gasteiger partial charge in [0.25, 0.3) is 0 Å². The Balaban J connectivity index is 1.91. The highest BCUT2D eigenvalue weighted by atomic mass is 19.1. The number of unbranched alkanes of at least 4 members (excludes halogenated alkanes) is 2. The zero-order valence-corrected chi connectivity index (χ0v) is 14.1. The number of halogens is 1. The van der Waals surface area contributed by atoms with Crippen molar-refractivity contribution in [1.82, 2.24) is 19.5 Å². The summed E-state index contributed by atoms with van der Waals surface area (Å²) in [6.45, 7) is 3.00. The van der Waals surface area contributed by atoms with Crippen molar-refractivity contribution in [2.45, 2.75) is 32.7 Å². The number of rotatable bonds is 5. The third kappa shape index (κ3) is 2.97. The van der Waals surface area contributed by atoms with Crippen molar-refractivity contribution in [1.29, 1.82) is 0 Å². The van der Waals surface area contributed by atoms with E-state index in [9.17, 15) is 4.39 Å². The van der Waals surface area contributed by atoms with Gasteiger partial charge in [-0.1, -0.05) is 31.9 Å². The molecule has 0 bridgehead atoms. The zero-order chi connectivity index (χ0) is 17.2. The van der Waals surface area contributed by atoms with Gasteiger partial charge in [-0.15, -0.1) is 0 Å². The van der Waals surface area contributed by atoms with Gasteiger partial charge in [-0.2, -0.15) is 0 Å². The van der Waals surface area contributed by atoms with Crippen molar-refractivity contribution < 1.29 is 4.39 Å². The van der Waals surface area contributed by atoms with Crippen molar-refractivity contribution in [2.75, 3.05) is 0 Å². The molecule has 2 aromatic carbocycles. The predicted molar refractivity (Wildman–Crippen MR) is 97.7 cm³/mol. The third-order valence-electron chi connectivity index (χ3n) is 4.35. The summed E-state index contributed by atoms with van der Waals surface area (Å²) in [5, 5.41) is 0. The highest BCUT2D eigenvalue weighted by molar-refractivity contribution is 5.84. The molecule has 0 saturated carbocycles. The standard InChI is InChI=1S/C20H19FN4/c1-2-3-6-13-25-19(14-9-11-15(21)12-10-14)24-18-20(25)23-17-8-5-4-7-16(17)22-18/h4-5,7-12H,2-3,6,13H2,1H3. The number of para-hydroxylation sites is 2. The first-order valence-corrected chi connectivity index (χ1v) is 8.65. The van der Waals surface area contributed by atoms with E-state index in [0.29, 0.717) is 5.65 Å². The molecule has 4 nitrogen and oxygen atoms in total. The van der Waals surface area contributed by atoms with E-state index in [0.717, 1.165) is 53.9 Å². The summed E-state index contributed by atoms with van der Waals surface area (Å²) in [5.74, 6) is 0.542. The quantitative estimate of drug-likeness (QED) is 0.484. The van der Waals surface area contributed by atoms with Gasteiger partial charge in [-0.3, -0.25) is 0 Å². The van der Waals surface area contributed by atoms with Crippen molar-refractivity contribution in [3.63, 3.8) is 0 Å². The summed E-state index contributed by atoms with van der Waals surface area (Å²) in [5.41, 5.74) is 3.99. The maximum atomic E-state index is 13.3. The van der Waals surface area contributed by atoms with E-state index >= 15 is 0 Å². The summed E-state index contributed by atoms with van der Waals surface area (Å²) in [7, 11) is 0. The molecule has 25 heavy (non-hydrogen) atoms. The molecule has 0 aliphatic carbocycles. The van der Waals surface area contributed by atoms with Crippen LogP contribution < -0.4 is 0 Å². The van der Waals surface area contributed by atoms with Crippen LogP contribution in [-0.4, -0.2) is 19.5 Å². The highest BCUT2D eigenvalue weighted by Crippen LogP contribution is 2.25. The largest absolute Gasteiger partial charge is 0.307 e. The van der Waals surface area contributed by atoms with Gasteiger partial charge in [-0.25, -0.2) is 19.3 Å². The van der Waals surface area contributed by atoms with Gasteiger partial charge in [0.1, 0.15) is 11.6 Å². The van der Waals surface area contributed by atoms with E-state index < -0.39 is 0 Å². The number of nitrogens with zero attached hydrogens (tertiary/aromatic N) is 4. The maximum Gasteiger partial charge on any atom is 0.198 e. The summed E-state index contributed by atoms with van der Waals surface area (Å²) in [4.78, 5) is 14.2. The highest BCUT2D eigenvalue weighted by Gasteiger charge is 2.15.